The summed E-state index contributed by atoms with van der Waals surface area (Å²) in [4.78, 5) is 2.68. The van der Waals surface area contributed by atoms with Gasteiger partial charge in [-0.15, -0.1) is 0 Å². The first-order valence-electron chi connectivity index (χ1n) is 6.97. The van der Waals surface area contributed by atoms with E-state index in [2.05, 4.69) is 53.5 Å². The van der Waals surface area contributed by atoms with Gasteiger partial charge in [0.05, 0.1) is 0 Å². The molecule has 0 aromatic rings. The highest BCUT2D eigenvalue weighted by Crippen LogP contribution is 2.44. The minimum atomic E-state index is 0.399. The van der Waals surface area contributed by atoms with Gasteiger partial charge >= 0.3 is 0 Å². The summed E-state index contributed by atoms with van der Waals surface area (Å²) in [6.07, 6.45) is 5.30. The Labute approximate surface area is 103 Å². The molecule has 1 fully saturated rings. The van der Waals surface area contributed by atoms with Crippen LogP contribution in [-0.4, -0.2) is 23.0 Å². The van der Waals surface area contributed by atoms with Gasteiger partial charge in [0.25, 0.3) is 0 Å². The van der Waals surface area contributed by atoms with Crippen molar-refractivity contribution in [1.82, 2.24) is 4.90 Å². The van der Waals surface area contributed by atoms with Gasteiger partial charge in [0, 0.05) is 11.1 Å². The van der Waals surface area contributed by atoms with Crippen molar-refractivity contribution < 1.29 is 0 Å². The third-order valence-electron chi connectivity index (χ3n) is 4.81. The number of hydrogen-bond donors (Lipinski definition) is 0. The van der Waals surface area contributed by atoms with Crippen LogP contribution in [0, 0.1) is 11.8 Å². The van der Waals surface area contributed by atoms with E-state index >= 15 is 0 Å². The molecule has 1 aliphatic heterocycles. The van der Waals surface area contributed by atoms with Crippen LogP contribution in [-0.2, 0) is 0 Å². The normalized spacial score (nSPS) is 41.6. The lowest BCUT2D eigenvalue weighted by atomic mass is 9.70. The fourth-order valence-electron chi connectivity index (χ4n) is 3.98. The molecule has 0 bridgehead atoms. The molecule has 16 heavy (non-hydrogen) atoms. The summed E-state index contributed by atoms with van der Waals surface area (Å²) in [5.41, 5.74) is 0.803. The molecule has 0 spiro atoms. The zero-order valence-corrected chi connectivity index (χ0v) is 12.4. The van der Waals surface area contributed by atoms with Gasteiger partial charge in [0.1, 0.15) is 0 Å². The van der Waals surface area contributed by atoms with E-state index in [4.69, 9.17) is 0 Å². The average molecular weight is 225 g/mol. The lowest BCUT2D eigenvalue weighted by Gasteiger charge is -2.56. The number of nitrogens with zero attached hydrogens (tertiary/aromatic N) is 1. The van der Waals surface area contributed by atoms with Crippen LogP contribution in [0.2, 0.25) is 0 Å². The highest BCUT2D eigenvalue weighted by atomic mass is 15.2. The van der Waals surface area contributed by atoms with E-state index in [-0.39, 0.29) is 0 Å². The first kappa shape index (κ1) is 14.0. The molecule has 1 saturated heterocycles. The third-order valence-corrected chi connectivity index (χ3v) is 4.81. The molecule has 1 heterocycles. The van der Waals surface area contributed by atoms with Crippen molar-refractivity contribution in [2.75, 3.05) is 7.05 Å². The van der Waals surface area contributed by atoms with Crippen LogP contribution in [0.15, 0.2) is 0 Å². The number of piperidine rings is 1. The van der Waals surface area contributed by atoms with Gasteiger partial charge in [-0.1, -0.05) is 27.7 Å². The van der Waals surface area contributed by atoms with Gasteiger partial charge in [-0.2, -0.15) is 0 Å². The number of likely N-dealkylation sites (tertiary alicyclic amines) is 1. The molecule has 1 nitrogen and oxygen atoms in total. The Balaban J connectivity index is 2.92. The second kappa shape index (κ2) is 4.68. The predicted molar refractivity (Wildman–Crippen MR) is 72.7 cm³/mol. The minimum Gasteiger partial charge on any atom is -0.296 e. The molecule has 0 saturated carbocycles. The smallest absolute Gasteiger partial charge is 0.0188 e. The Morgan fingerprint density at radius 1 is 1.19 bits per heavy atom. The molecular weight excluding hydrogens is 194 g/mol. The second-order valence-corrected chi connectivity index (χ2v) is 7.02. The molecule has 1 heteroatoms. The van der Waals surface area contributed by atoms with Gasteiger partial charge in [0.15, 0.2) is 0 Å². The third kappa shape index (κ3) is 2.61. The number of hydrogen-bond acceptors (Lipinski definition) is 1. The number of rotatable bonds is 3. The summed E-state index contributed by atoms with van der Waals surface area (Å²) < 4.78 is 0. The van der Waals surface area contributed by atoms with Crippen LogP contribution in [0.3, 0.4) is 0 Å². The van der Waals surface area contributed by atoms with E-state index in [9.17, 15) is 0 Å². The molecule has 3 unspecified atom stereocenters. The van der Waals surface area contributed by atoms with Crippen molar-refractivity contribution in [2.45, 2.75) is 78.3 Å². The van der Waals surface area contributed by atoms with Crippen molar-refractivity contribution in [2.24, 2.45) is 11.8 Å². The van der Waals surface area contributed by atoms with Crippen LogP contribution in [0.5, 0.6) is 0 Å². The van der Waals surface area contributed by atoms with Crippen molar-refractivity contribution >= 4 is 0 Å². The quantitative estimate of drug-likeness (QED) is 0.691. The van der Waals surface area contributed by atoms with Crippen LogP contribution in [0.1, 0.15) is 67.2 Å². The maximum atomic E-state index is 2.68. The fourth-order valence-corrected chi connectivity index (χ4v) is 3.98. The largest absolute Gasteiger partial charge is 0.296 e. The van der Waals surface area contributed by atoms with Gasteiger partial charge in [-0.05, 0) is 58.4 Å². The molecule has 1 aliphatic rings. The van der Waals surface area contributed by atoms with Crippen LogP contribution < -0.4 is 0 Å². The summed E-state index contributed by atoms with van der Waals surface area (Å²) in [6, 6.07) is 0. The molecule has 1 rings (SSSR count). The van der Waals surface area contributed by atoms with E-state index in [0.717, 1.165) is 11.8 Å². The molecule has 0 aromatic carbocycles. The van der Waals surface area contributed by atoms with Crippen LogP contribution in [0.25, 0.3) is 0 Å². The molecule has 96 valence electrons. The van der Waals surface area contributed by atoms with Gasteiger partial charge < -0.3 is 0 Å². The van der Waals surface area contributed by atoms with Gasteiger partial charge in [-0.25, -0.2) is 0 Å². The van der Waals surface area contributed by atoms with Crippen molar-refractivity contribution in [3.05, 3.63) is 0 Å². The topological polar surface area (TPSA) is 3.24 Å². The standard InChI is InChI=1S/C15H31N/c1-8-14(5)10-13(4)11-15(6,16(14)7)9-12(2)3/h12-13H,8-11H2,1-7H3. The predicted octanol–water partition coefficient (Wildman–Crippen LogP) is 4.32. The molecule has 0 N–H and O–H groups in total. The molecule has 3 atom stereocenters. The van der Waals surface area contributed by atoms with E-state index < -0.39 is 0 Å². The van der Waals surface area contributed by atoms with E-state index in [1.165, 1.54) is 25.7 Å². The maximum Gasteiger partial charge on any atom is 0.0188 e. The first-order chi connectivity index (χ1) is 7.23. The zero-order chi connectivity index (χ0) is 12.6. The van der Waals surface area contributed by atoms with Gasteiger partial charge in [0.2, 0.25) is 0 Å². The summed E-state index contributed by atoms with van der Waals surface area (Å²) in [5, 5.41) is 0. The lowest BCUT2D eigenvalue weighted by Crippen LogP contribution is -2.61. The molecule has 0 aliphatic carbocycles. The Morgan fingerprint density at radius 3 is 2.12 bits per heavy atom. The maximum absolute atomic E-state index is 2.68. The average Bonchev–Trinajstić information content (AvgIpc) is 2.12. The molecule has 0 amide bonds. The van der Waals surface area contributed by atoms with Crippen molar-refractivity contribution in [1.29, 1.82) is 0 Å². The highest BCUT2D eigenvalue weighted by Gasteiger charge is 2.45. The molecule has 0 radical (unpaired) electrons. The Bertz CT molecular complexity index is 232. The Morgan fingerprint density at radius 2 is 1.69 bits per heavy atom. The summed E-state index contributed by atoms with van der Waals surface area (Å²) >= 11 is 0. The van der Waals surface area contributed by atoms with Crippen molar-refractivity contribution in [3.63, 3.8) is 0 Å². The second-order valence-electron chi connectivity index (χ2n) is 7.02. The minimum absolute atomic E-state index is 0.399. The van der Waals surface area contributed by atoms with E-state index in [0.29, 0.717) is 11.1 Å². The fraction of sp³-hybridized carbons (Fsp3) is 1.00. The summed E-state index contributed by atoms with van der Waals surface area (Å²) in [7, 11) is 2.34. The van der Waals surface area contributed by atoms with E-state index in [1.54, 1.807) is 0 Å². The SMILES string of the molecule is CCC1(C)CC(C)CC(C)(CC(C)C)N1C. The molecular formula is C15H31N. The van der Waals surface area contributed by atoms with Crippen LogP contribution in [0.4, 0.5) is 0 Å². The van der Waals surface area contributed by atoms with Crippen molar-refractivity contribution in [3.8, 4) is 0 Å². The Hall–Kier alpha value is -0.0400. The van der Waals surface area contributed by atoms with Crippen LogP contribution >= 0.6 is 0 Å². The monoisotopic (exact) mass is 225 g/mol. The summed E-state index contributed by atoms with van der Waals surface area (Å²) in [5.74, 6) is 1.66. The van der Waals surface area contributed by atoms with E-state index in [1.807, 2.05) is 0 Å². The summed E-state index contributed by atoms with van der Waals surface area (Å²) in [6.45, 7) is 14.4. The lowest BCUT2D eigenvalue weighted by molar-refractivity contribution is -0.0578. The first-order valence-corrected chi connectivity index (χ1v) is 6.97. The Kier molecular flexibility index (Phi) is 4.10. The van der Waals surface area contributed by atoms with Gasteiger partial charge in [-0.3, -0.25) is 4.90 Å². The molecule has 0 aromatic heterocycles. The zero-order valence-electron chi connectivity index (χ0n) is 12.4. The highest BCUT2D eigenvalue weighted by molar-refractivity contribution is 5.01.